The van der Waals surface area contributed by atoms with Gasteiger partial charge in [0.05, 0.1) is 17.7 Å². The fourth-order valence-electron chi connectivity index (χ4n) is 1.90. The summed E-state index contributed by atoms with van der Waals surface area (Å²) in [5, 5.41) is 22.8. The van der Waals surface area contributed by atoms with Crippen LogP contribution in [0.3, 0.4) is 0 Å². The molecule has 3 rings (SSSR count). The van der Waals surface area contributed by atoms with Crippen molar-refractivity contribution < 1.29 is 0 Å². The predicted molar refractivity (Wildman–Crippen MR) is 76.5 cm³/mol. The predicted octanol–water partition coefficient (Wildman–Crippen LogP) is 1.86. The monoisotopic (exact) mass is 283 g/mol. The van der Waals surface area contributed by atoms with Crippen molar-refractivity contribution in [3.8, 4) is 6.07 Å². The molecule has 2 N–H and O–H groups in total. The first kappa shape index (κ1) is 12.3. The van der Waals surface area contributed by atoms with Crippen LogP contribution in [0.5, 0.6) is 0 Å². The summed E-state index contributed by atoms with van der Waals surface area (Å²) < 4.78 is 0. The van der Waals surface area contributed by atoms with Crippen molar-refractivity contribution in [1.29, 1.82) is 5.26 Å². The third-order valence-corrected chi connectivity index (χ3v) is 3.52. The molecular formula is C13H9N5OS. The van der Waals surface area contributed by atoms with Crippen molar-refractivity contribution in [1.82, 2.24) is 15.2 Å². The molecule has 0 bridgehead atoms. The Morgan fingerprint density at radius 3 is 2.95 bits per heavy atom. The van der Waals surface area contributed by atoms with Gasteiger partial charge in [-0.2, -0.15) is 5.26 Å². The van der Waals surface area contributed by atoms with E-state index in [0.717, 1.165) is 22.4 Å². The van der Waals surface area contributed by atoms with Crippen LogP contribution in [0.4, 0.5) is 5.69 Å². The molecule has 0 atom stereocenters. The van der Waals surface area contributed by atoms with Gasteiger partial charge in [-0.25, -0.2) is 0 Å². The number of nitrogens with zero attached hydrogens (tertiary/aromatic N) is 3. The highest BCUT2D eigenvalue weighted by Gasteiger charge is 2.10. The van der Waals surface area contributed by atoms with E-state index in [1.165, 1.54) is 0 Å². The number of hydrogen-bond acceptors (Lipinski definition) is 6. The molecule has 0 saturated heterocycles. The minimum Gasteiger partial charge on any atom is -0.376 e. The molecular weight excluding hydrogens is 274 g/mol. The summed E-state index contributed by atoms with van der Waals surface area (Å²) in [6, 6.07) is 9.48. The molecule has 0 saturated carbocycles. The first-order valence-corrected chi connectivity index (χ1v) is 6.72. The first-order chi connectivity index (χ1) is 9.78. The number of nitrogens with one attached hydrogen (secondary N) is 2. The Bertz CT molecular complexity index is 861. The second kappa shape index (κ2) is 5.11. The summed E-state index contributed by atoms with van der Waals surface area (Å²) in [5.74, 6) is 0. The molecule has 1 aromatic carbocycles. The van der Waals surface area contributed by atoms with Crippen LogP contribution >= 0.6 is 11.3 Å². The second-order valence-electron chi connectivity index (χ2n) is 4.08. The van der Waals surface area contributed by atoms with Gasteiger partial charge in [0.25, 0.3) is 0 Å². The van der Waals surface area contributed by atoms with Gasteiger partial charge in [0.15, 0.2) is 5.69 Å². The standard InChI is InChI=1S/C13H9N5OS/c14-5-11-12(15-6-8-7-20-13(19)16-8)9-3-1-2-4-10(9)17-18-11/h1-4,7H,6H2,(H,15,17)(H,16,19). The van der Waals surface area contributed by atoms with Gasteiger partial charge < -0.3 is 10.3 Å². The van der Waals surface area contributed by atoms with E-state index < -0.39 is 0 Å². The lowest BCUT2D eigenvalue weighted by atomic mass is 10.1. The summed E-state index contributed by atoms with van der Waals surface area (Å²) in [4.78, 5) is 13.7. The van der Waals surface area contributed by atoms with Crippen molar-refractivity contribution in [2.75, 3.05) is 5.32 Å². The van der Waals surface area contributed by atoms with Crippen LogP contribution in [0.2, 0.25) is 0 Å². The summed E-state index contributed by atoms with van der Waals surface area (Å²) >= 11 is 1.11. The lowest BCUT2D eigenvalue weighted by Gasteiger charge is -2.09. The lowest BCUT2D eigenvalue weighted by molar-refractivity contribution is 1.02. The van der Waals surface area contributed by atoms with Gasteiger partial charge in [0.1, 0.15) is 6.07 Å². The van der Waals surface area contributed by atoms with Crippen LogP contribution in [0.15, 0.2) is 34.4 Å². The molecule has 0 unspecified atom stereocenters. The minimum atomic E-state index is -0.0972. The van der Waals surface area contributed by atoms with E-state index in [9.17, 15) is 4.79 Å². The average molecular weight is 283 g/mol. The lowest BCUT2D eigenvalue weighted by Crippen LogP contribution is -2.06. The fraction of sp³-hybridized carbons (Fsp3) is 0.0769. The van der Waals surface area contributed by atoms with Crippen LogP contribution in [-0.2, 0) is 6.54 Å². The molecule has 3 aromatic rings. The Kier molecular flexibility index (Phi) is 3.15. The maximum absolute atomic E-state index is 11.1. The van der Waals surface area contributed by atoms with Crippen molar-refractivity contribution in [2.24, 2.45) is 0 Å². The highest BCUT2D eigenvalue weighted by molar-refractivity contribution is 7.07. The molecule has 0 aliphatic rings. The number of fused-ring (bicyclic) bond motifs is 1. The second-order valence-corrected chi connectivity index (χ2v) is 4.92. The van der Waals surface area contributed by atoms with Crippen molar-refractivity contribution >= 4 is 27.9 Å². The molecule has 7 heteroatoms. The molecule has 2 aromatic heterocycles. The van der Waals surface area contributed by atoms with Crippen molar-refractivity contribution in [3.63, 3.8) is 0 Å². The highest BCUT2D eigenvalue weighted by Crippen LogP contribution is 2.24. The maximum Gasteiger partial charge on any atom is 0.304 e. The smallest absolute Gasteiger partial charge is 0.304 e. The fourth-order valence-corrected chi connectivity index (χ4v) is 2.48. The third-order valence-electron chi connectivity index (χ3n) is 2.80. The number of anilines is 1. The van der Waals surface area contributed by atoms with Gasteiger partial charge in [-0.3, -0.25) is 4.79 Å². The summed E-state index contributed by atoms with van der Waals surface area (Å²) in [7, 11) is 0. The van der Waals surface area contributed by atoms with Crippen LogP contribution in [0, 0.1) is 11.3 Å². The average Bonchev–Trinajstić information content (AvgIpc) is 2.90. The van der Waals surface area contributed by atoms with Gasteiger partial charge in [-0.1, -0.05) is 29.5 Å². The number of thiazole rings is 1. The molecule has 20 heavy (non-hydrogen) atoms. The zero-order valence-electron chi connectivity index (χ0n) is 10.3. The minimum absolute atomic E-state index is 0.0972. The number of H-pyrrole nitrogens is 1. The number of aromatic amines is 1. The third kappa shape index (κ3) is 2.24. The van der Waals surface area contributed by atoms with Crippen molar-refractivity contribution in [3.05, 3.63) is 50.7 Å². The summed E-state index contributed by atoms with van der Waals surface area (Å²) in [5.41, 5.74) is 2.35. The molecule has 0 aliphatic carbocycles. The van der Waals surface area contributed by atoms with Crippen LogP contribution < -0.4 is 10.2 Å². The normalized spacial score (nSPS) is 10.3. The number of hydrogen-bond donors (Lipinski definition) is 2. The molecule has 2 heterocycles. The van der Waals surface area contributed by atoms with Gasteiger partial charge >= 0.3 is 4.87 Å². The van der Waals surface area contributed by atoms with Crippen LogP contribution in [0.25, 0.3) is 10.9 Å². The van der Waals surface area contributed by atoms with E-state index in [0.29, 0.717) is 17.7 Å². The summed E-state index contributed by atoms with van der Waals surface area (Å²) in [6.45, 7) is 0.420. The Hall–Kier alpha value is -2.72. The van der Waals surface area contributed by atoms with Crippen LogP contribution in [0.1, 0.15) is 11.4 Å². The van der Waals surface area contributed by atoms with Crippen LogP contribution in [-0.4, -0.2) is 15.2 Å². The van der Waals surface area contributed by atoms with Crippen molar-refractivity contribution in [2.45, 2.75) is 6.54 Å². The summed E-state index contributed by atoms with van der Waals surface area (Å²) in [6.07, 6.45) is 0. The molecule has 0 spiro atoms. The van der Waals surface area contributed by atoms with E-state index in [1.54, 1.807) is 5.38 Å². The first-order valence-electron chi connectivity index (χ1n) is 5.84. The van der Waals surface area contributed by atoms with Gasteiger partial charge in [0.2, 0.25) is 0 Å². The quantitative estimate of drug-likeness (QED) is 0.765. The number of aromatic nitrogens is 3. The van der Waals surface area contributed by atoms with Gasteiger partial charge in [-0.05, 0) is 6.07 Å². The van der Waals surface area contributed by atoms with E-state index in [-0.39, 0.29) is 10.6 Å². The van der Waals surface area contributed by atoms with E-state index in [2.05, 4.69) is 20.5 Å². The molecule has 98 valence electrons. The van der Waals surface area contributed by atoms with Gasteiger partial charge in [-0.15, -0.1) is 10.2 Å². The number of rotatable bonds is 3. The molecule has 6 nitrogen and oxygen atoms in total. The Morgan fingerprint density at radius 1 is 1.35 bits per heavy atom. The Balaban J connectivity index is 2.00. The molecule has 0 radical (unpaired) electrons. The van der Waals surface area contributed by atoms with E-state index in [1.807, 2.05) is 30.3 Å². The van der Waals surface area contributed by atoms with E-state index >= 15 is 0 Å². The Labute approximate surface area is 117 Å². The topological polar surface area (TPSA) is 94.5 Å². The highest BCUT2D eigenvalue weighted by atomic mass is 32.1. The van der Waals surface area contributed by atoms with E-state index in [4.69, 9.17) is 5.26 Å². The number of benzene rings is 1. The maximum atomic E-state index is 11.1. The zero-order chi connectivity index (χ0) is 13.9. The zero-order valence-corrected chi connectivity index (χ0v) is 11.1. The number of nitriles is 1. The largest absolute Gasteiger partial charge is 0.376 e. The molecule has 0 aliphatic heterocycles. The molecule has 0 fully saturated rings. The van der Waals surface area contributed by atoms with Gasteiger partial charge in [0, 0.05) is 16.5 Å². The SMILES string of the molecule is N#Cc1nnc2ccccc2c1NCc1csc(=O)[nH]1. The molecule has 0 amide bonds. The Morgan fingerprint density at radius 2 is 2.20 bits per heavy atom.